The minimum Gasteiger partial charge on any atom is -0.444 e. The van der Waals surface area contributed by atoms with Crippen LogP contribution < -0.4 is 10.9 Å². The number of rotatable bonds is 6. The van der Waals surface area contributed by atoms with Crippen molar-refractivity contribution in [2.45, 2.75) is 64.9 Å². The van der Waals surface area contributed by atoms with Gasteiger partial charge < -0.3 is 14.6 Å². The number of hydrogen-bond acceptors (Lipinski definition) is 4. The lowest BCUT2D eigenvalue weighted by Gasteiger charge is -2.22. The Morgan fingerprint density at radius 3 is 2.50 bits per heavy atom. The fourth-order valence-corrected chi connectivity index (χ4v) is 3.50. The maximum absolute atomic E-state index is 12.9. The van der Waals surface area contributed by atoms with Crippen LogP contribution in [0.3, 0.4) is 0 Å². The van der Waals surface area contributed by atoms with Gasteiger partial charge in [0, 0.05) is 35.9 Å². The predicted molar refractivity (Wildman–Crippen MR) is 125 cm³/mol. The van der Waals surface area contributed by atoms with Gasteiger partial charge in [0.05, 0.1) is 11.3 Å². The Morgan fingerprint density at radius 1 is 1.15 bits per heavy atom. The van der Waals surface area contributed by atoms with Gasteiger partial charge in [-0.25, -0.2) is 4.79 Å². The van der Waals surface area contributed by atoms with Crippen LogP contribution in [0.1, 0.15) is 46.1 Å². The van der Waals surface area contributed by atoms with E-state index >= 15 is 0 Å². The summed E-state index contributed by atoms with van der Waals surface area (Å²) in [5, 5.41) is 3.98. The van der Waals surface area contributed by atoms with Crippen LogP contribution in [0.5, 0.6) is 0 Å². The molecule has 1 aromatic carbocycles. The third-order valence-electron chi connectivity index (χ3n) is 5.16. The third-order valence-corrected chi connectivity index (χ3v) is 5.16. The Labute approximate surface area is 195 Å². The second-order valence-corrected chi connectivity index (χ2v) is 9.24. The molecule has 182 valence electrons. The largest absolute Gasteiger partial charge is 0.444 e. The first kappa shape index (κ1) is 25.3. The normalized spacial score (nSPS) is 13.0. The highest BCUT2D eigenvalue weighted by Crippen LogP contribution is 2.30. The molecule has 3 rings (SSSR count). The number of fused-ring (bicyclic) bond motifs is 1. The number of halogens is 3. The molecule has 9 heteroatoms. The maximum Gasteiger partial charge on any atom is 0.417 e. The highest BCUT2D eigenvalue weighted by Gasteiger charge is 2.30. The Hall–Kier alpha value is -3.36. The average molecular weight is 476 g/mol. The first-order valence-corrected chi connectivity index (χ1v) is 11.0. The number of pyridine rings is 2. The molecule has 34 heavy (non-hydrogen) atoms. The van der Waals surface area contributed by atoms with Crippen LogP contribution in [0.15, 0.2) is 53.6 Å². The molecule has 3 aromatic rings. The Kier molecular flexibility index (Phi) is 7.33. The zero-order valence-electron chi connectivity index (χ0n) is 19.6. The van der Waals surface area contributed by atoms with Crippen LogP contribution in [0, 0.1) is 0 Å². The number of nitrogens with one attached hydrogen (secondary N) is 1. The summed E-state index contributed by atoms with van der Waals surface area (Å²) in [7, 11) is 0. The van der Waals surface area contributed by atoms with E-state index in [4.69, 9.17) is 4.74 Å². The molecule has 0 saturated carbocycles. The van der Waals surface area contributed by atoms with Gasteiger partial charge in [0.1, 0.15) is 5.60 Å². The van der Waals surface area contributed by atoms with Crippen molar-refractivity contribution in [3.8, 4) is 11.3 Å². The number of hydrogen-bond donors (Lipinski definition) is 1. The molecule has 0 fully saturated rings. The molecule has 2 aromatic heterocycles. The van der Waals surface area contributed by atoms with Gasteiger partial charge in [-0.3, -0.25) is 9.78 Å². The van der Waals surface area contributed by atoms with E-state index in [0.717, 1.165) is 12.3 Å². The van der Waals surface area contributed by atoms with Gasteiger partial charge in [0.2, 0.25) is 0 Å². The number of aryl methyl sites for hydroxylation is 1. The topological polar surface area (TPSA) is 73.2 Å². The van der Waals surface area contributed by atoms with Crippen molar-refractivity contribution >= 4 is 16.9 Å². The van der Waals surface area contributed by atoms with E-state index in [9.17, 15) is 22.8 Å². The fraction of sp³-hybridized carbons (Fsp3) is 0.400. The van der Waals surface area contributed by atoms with Crippen LogP contribution in [0.4, 0.5) is 18.0 Å². The number of nitrogens with zero attached hydrogens (tertiary/aromatic N) is 2. The Bertz CT molecular complexity index is 1210. The van der Waals surface area contributed by atoms with Crippen molar-refractivity contribution in [3.05, 3.63) is 64.7 Å². The SMILES string of the molecule is CC(CCCn1ccc2cc(-c3ccc(C(F)(F)F)cn3)ccc2c1=O)NC(=O)OC(C)(C)C. The summed E-state index contributed by atoms with van der Waals surface area (Å²) < 4.78 is 45.1. The number of amides is 1. The summed E-state index contributed by atoms with van der Waals surface area (Å²) in [4.78, 5) is 28.6. The third kappa shape index (κ3) is 6.59. The summed E-state index contributed by atoms with van der Waals surface area (Å²) >= 11 is 0. The molecule has 1 N–H and O–H groups in total. The molecule has 0 radical (unpaired) electrons. The van der Waals surface area contributed by atoms with Gasteiger partial charge in [-0.05, 0) is 76.3 Å². The highest BCUT2D eigenvalue weighted by atomic mass is 19.4. The zero-order chi connectivity index (χ0) is 25.1. The lowest BCUT2D eigenvalue weighted by Crippen LogP contribution is -2.37. The Morgan fingerprint density at radius 2 is 1.88 bits per heavy atom. The van der Waals surface area contributed by atoms with Crippen molar-refractivity contribution < 1.29 is 22.7 Å². The van der Waals surface area contributed by atoms with Gasteiger partial charge in [0.25, 0.3) is 5.56 Å². The van der Waals surface area contributed by atoms with Crippen molar-refractivity contribution in [1.82, 2.24) is 14.9 Å². The molecule has 1 amide bonds. The highest BCUT2D eigenvalue weighted by molar-refractivity contribution is 5.86. The summed E-state index contributed by atoms with van der Waals surface area (Å²) in [6.07, 6.45) is -1.07. The second-order valence-electron chi connectivity index (χ2n) is 9.24. The van der Waals surface area contributed by atoms with Crippen molar-refractivity contribution in [1.29, 1.82) is 0 Å². The van der Waals surface area contributed by atoms with E-state index in [-0.39, 0.29) is 11.6 Å². The van der Waals surface area contributed by atoms with E-state index in [1.54, 1.807) is 55.8 Å². The van der Waals surface area contributed by atoms with Crippen LogP contribution >= 0.6 is 0 Å². The first-order valence-electron chi connectivity index (χ1n) is 11.0. The average Bonchev–Trinajstić information content (AvgIpc) is 2.73. The molecule has 0 aliphatic rings. The minimum atomic E-state index is -4.44. The smallest absolute Gasteiger partial charge is 0.417 e. The van der Waals surface area contributed by atoms with Crippen molar-refractivity contribution in [2.24, 2.45) is 0 Å². The number of benzene rings is 1. The molecule has 1 atom stereocenters. The number of carbonyl (C=O) groups is 1. The molecular formula is C25H28F3N3O3. The number of alkyl halides is 3. The van der Waals surface area contributed by atoms with E-state index in [1.165, 1.54) is 6.07 Å². The van der Waals surface area contributed by atoms with E-state index in [1.807, 2.05) is 6.92 Å². The van der Waals surface area contributed by atoms with Gasteiger partial charge in [-0.2, -0.15) is 13.2 Å². The van der Waals surface area contributed by atoms with Crippen molar-refractivity contribution in [2.75, 3.05) is 0 Å². The molecule has 0 bridgehead atoms. The van der Waals surface area contributed by atoms with Crippen LogP contribution in [0.2, 0.25) is 0 Å². The summed E-state index contributed by atoms with van der Waals surface area (Å²) in [6, 6.07) is 9.08. The van der Waals surface area contributed by atoms with E-state index in [0.29, 0.717) is 41.4 Å². The van der Waals surface area contributed by atoms with E-state index in [2.05, 4.69) is 10.3 Å². The second kappa shape index (κ2) is 9.87. The Balaban J connectivity index is 1.66. The minimum absolute atomic E-state index is 0.107. The molecule has 0 saturated heterocycles. The van der Waals surface area contributed by atoms with Crippen molar-refractivity contribution in [3.63, 3.8) is 0 Å². The molecule has 0 spiro atoms. The molecule has 1 unspecified atom stereocenters. The zero-order valence-corrected chi connectivity index (χ0v) is 19.6. The summed E-state index contributed by atoms with van der Waals surface area (Å²) in [5.74, 6) is 0. The maximum atomic E-state index is 12.9. The molecule has 0 aliphatic heterocycles. The van der Waals surface area contributed by atoms with Crippen LogP contribution in [-0.4, -0.2) is 27.3 Å². The molecular weight excluding hydrogens is 447 g/mol. The molecule has 2 heterocycles. The standard InChI is InChI=1S/C25H28F3N3O3/c1-16(30-23(33)34-24(2,3)4)6-5-12-31-13-11-17-14-18(7-9-20(17)22(31)32)21-10-8-19(15-29-21)25(26,27)28/h7-11,13-16H,5-6,12H2,1-4H3,(H,30,33). The number of ether oxygens (including phenoxy) is 1. The predicted octanol–water partition coefficient (Wildman–Crippen LogP) is 5.78. The number of aromatic nitrogens is 2. The number of alkyl carbamates (subject to hydrolysis) is 1. The van der Waals surface area contributed by atoms with Gasteiger partial charge in [0.15, 0.2) is 0 Å². The lowest BCUT2D eigenvalue weighted by atomic mass is 10.1. The van der Waals surface area contributed by atoms with Gasteiger partial charge in [-0.1, -0.05) is 6.07 Å². The fourth-order valence-electron chi connectivity index (χ4n) is 3.50. The van der Waals surface area contributed by atoms with Gasteiger partial charge >= 0.3 is 12.3 Å². The molecule has 6 nitrogen and oxygen atoms in total. The monoisotopic (exact) mass is 475 g/mol. The van der Waals surface area contributed by atoms with Crippen LogP contribution in [-0.2, 0) is 17.5 Å². The van der Waals surface area contributed by atoms with Crippen LogP contribution in [0.25, 0.3) is 22.0 Å². The van der Waals surface area contributed by atoms with Gasteiger partial charge in [-0.15, -0.1) is 0 Å². The molecule has 0 aliphatic carbocycles. The first-order chi connectivity index (χ1) is 15.8. The lowest BCUT2D eigenvalue weighted by molar-refractivity contribution is -0.137. The quantitative estimate of drug-likeness (QED) is 0.491. The number of carbonyl (C=O) groups excluding carboxylic acids is 1. The summed E-state index contributed by atoms with van der Waals surface area (Å²) in [5.41, 5.74) is -0.510. The summed E-state index contributed by atoms with van der Waals surface area (Å²) in [6.45, 7) is 7.76. The van der Waals surface area contributed by atoms with E-state index < -0.39 is 23.4 Å².